The number of imide groups is 1. The van der Waals surface area contributed by atoms with Gasteiger partial charge in [0.15, 0.2) is 5.78 Å². The number of nitrogens with zero attached hydrogens (tertiary/aromatic N) is 2. The summed E-state index contributed by atoms with van der Waals surface area (Å²) in [4.78, 5) is 44.0. The summed E-state index contributed by atoms with van der Waals surface area (Å²) in [5, 5.41) is 0. The minimum absolute atomic E-state index is 0.0980. The van der Waals surface area contributed by atoms with E-state index >= 15 is 0 Å². The first kappa shape index (κ1) is 21.4. The molecule has 0 saturated carbocycles. The van der Waals surface area contributed by atoms with Crippen LogP contribution in [0.1, 0.15) is 26.3 Å². The van der Waals surface area contributed by atoms with Gasteiger partial charge in [0.1, 0.15) is 17.6 Å². The van der Waals surface area contributed by atoms with Crippen molar-refractivity contribution in [3.05, 3.63) is 59.9 Å². The standard InChI is InChI=1S/C26H25FN2O4/c1-26(2,3)23(30)22-21-20(24(31)28(25(21)32)16-8-6-15(27)7-9-16)19-11-5-14-13-17(33-4)10-12-18(14)29(19)22/h5-13,19-22H,1-4H3/t19-,20-,21-,22+/m1/s1. The van der Waals surface area contributed by atoms with E-state index in [0.29, 0.717) is 11.4 Å². The first-order valence-electron chi connectivity index (χ1n) is 11.0. The third-order valence-electron chi connectivity index (χ3n) is 6.81. The maximum absolute atomic E-state index is 13.7. The van der Waals surface area contributed by atoms with Crippen LogP contribution in [-0.4, -0.2) is 36.8 Å². The zero-order chi connectivity index (χ0) is 23.7. The number of hydrogen-bond donors (Lipinski definition) is 0. The molecule has 33 heavy (non-hydrogen) atoms. The van der Waals surface area contributed by atoms with Gasteiger partial charge < -0.3 is 9.64 Å². The predicted octanol–water partition coefficient (Wildman–Crippen LogP) is 3.84. The Balaban J connectivity index is 1.64. The smallest absolute Gasteiger partial charge is 0.240 e. The van der Waals surface area contributed by atoms with Crippen LogP contribution in [0.15, 0.2) is 48.5 Å². The highest BCUT2D eigenvalue weighted by Gasteiger charge is 2.65. The van der Waals surface area contributed by atoms with Crippen molar-refractivity contribution >= 4 is 35.0 Å². The van der Waals surface area contributed by atoms with Crippen LogP contribution in [0.2, 0.25) is 0 Å². The van der Waals surface area contributed by atoms with E-state index in [0.717, 1.165) is 16.2 Å². The Morgan fingerprint density at radius 1 is 1.00 bits per heavy atom. The Morgan fingerprint density at radius 2 is 1.67 bits per heavy atom. The lowest BCUT2D eigenvalue weighted by Crippen LogP contribution is -2.51. The third kappa shape index (κ3) is 3.09. The van der Waals surface area contributed by atoms with E-state index in [1.165, 1.54) is 24.3 Å². The van der Waals surface area contributed by atoms with E-state index in [1.807, 2.05) is 56.0 Å². The van der Waals surface area contributed by atoms with Crippen molar-refractivity contribution in [1.82, 2.24) is 0 Å². The van der Waals surface area contributed by atoms with Gasteiger partial charge in [-0.15, -0.1) is 0 Å². The molecule has 0 bridgehead atoms. The fourth-order valence-electron chi connectivity index (χ4n) is 5.27. The number of ether oxygens (including phenoxy) is 1. The van der Waals surface area contributed by atoms with Gasteiger partial charge in [-0.25, -0.2) is 9.29 Å². The summed E-state index contributed by atoms with van der Waals surface area (Å²) >= 11 is 0. The lowest BCUT2D eigenvalue weighted by molar-refractivity contribution is -0.132. The van der Waals surface area contributed by atoms with Gasteiger partial charge in [-0.3, -0.25) is 14.4 Å². The Labute approximate surface area is 191 Å². The highest BCUT2D eigenvalue weighted by Crippen LogP contribution is 2.50. The molecule has 170 valence electrons. The molecular weight excluding hydrogens is 423 g/mol. The second kappa shape index (κ2) is 7.27. The first-order chi connectivity index (χ1) is 15.6. The zero-order valence-electron chi connectivity index (χ0n) is 18.9. The summed E-state index contributed by atoms with van der Waals surface area (Å²) in [6, 6.07) is 9.62. The number of rotatable bonds is 3. The van der Waals surface area contributed by atoms with Gasteiger partial charge in [0.25, 0.3) is 0 Å². The average molecular weight is 448 g/mol. The van der Waals surface area contributed by atoms with E-state index in [9.17, 15) is 18.8 Å². The van der Waals surface area contributed by atoms with E-state index in [-0.39, 0.29) is 11.7 Å². The number of benzene rings is 2. The summed E-state index contributed by atoms with van der Waals surface area (Å²) in [6.07, 6.45) is 3.81. The minimum Gasteiger partial charge on any atom is -0.497 e. The molecule has 0 aromatic heterocycles. The summed E-state index contributed by atoms with van der Waals surface area (Å²) in [6.45, 7) is 5.47. The van der Waals surface area contributed by atoms with Crippen molar-refractivity contribution in [1.29, 1.82) is 0 Å². The number of fused-ring (bicyclic) bond motifs is 5. The molecule has 0 aliphatic carbocycles. The molecule has 3 aliphatic rings. The van der Waals surface area contributed by atoms with Crippen LogP contribution in [0.25, 0.3) is 6.08 Å². The highest BCUT2D eigenvalue weighted by molar-refractivity contribution is 6.25. The molecule has 3 heterocycles. The van der Waals surface area contributed by atoms with Gasteiger partial charge in [0.05, 0.1) is 30.7 Å². The lowest BCUT2D eigenvalue weighted by atomic mass is 9.79. The minimum atomic E-state index is -0.822. The molecular formula is C26H25FN2O4. The van der Waals surface area contributed by atoms with Gasteiger partial charge in [-0.05, 0) is 42.5 Å². The van der Waals surface area contributed by atoms with Crippen LogP contribution in [0.5, 0.6) is 5.75 Å². The van der Waals surface area contributed by atoms with Crippen molar-refractivity contribution in [2.45, 2.75) is 32.9 Å². The Kier molecular flexibility index (Phi) is 4.71. The molecule has 0 spiro atoms. The number of carbonyl (C=O) groups excluding carboxylic acids is 3. The predicted molar refractivity (Wildman–Crippen MR) is 122 cm³/mol. The number of hydrogen-bond acceptors (Lipinski definition) is 5. The van der Waals surface area contributed by atoms with Crippen LogP contribution < -0.4 is 14.5 Å². The van der Waals surface area contributed by atoms with Crippen LogP contribution in [-0.2, 0) is 14.4 Å². The summed E-state index contributed by atoms with van der Waals surface area (Å²) in [5.74, 6) is -2.17. The molecule has 0 N–H and O–H groups in total. The van der Waals surface area contributed by atoms with Crippen LogP contribution in [0.3, 0.4) is 0 Å². The number of methoxy groups -OCH3 is 1. The summed E-state index contributed by atoms with van der Waals surface area (Å²) in [5.41, 5.74) is 1.27. The molecule has 0 unspecified atom stereocenters. The second-order valence-electron chi connectivity index (χ2n) is 9.78. The number of anilines is 2. The largest absolute Gasteiger partial charge is 0.497 e. The molecule has 4 atom stereocenters. The van der Waals surface area contributed by atoms with E-state index in [2.05, 4.69) is 0 Å². The van der Waals surface area contributed by atoms with Crippen LogP contribution >= 0.6 is 0 Å². The fourth-order valence-corrected chi connectivity index (χ4v) is 5.27. The third-order valence-corrected chi connectivity index (χ3v) is 6.81. The monoisotopic (exact) mass is 448 g/mol. The quantitative estimate of drug-likeness (QED) is 0.668. The van der Waals surface area contributed by atoms with Gasteiger partial charge in [-0.2, -0.15) is 0 Å². The van der Waals surface area contributed by atoms with Crippen molar-refractivity contribution < 1.29 is 23.5 Å². The number of ketones is 1. The van der Waals surface area contributed by atoms with Crippen molar-refractivity contribution in [3.63, 3.8) is 0 Å². The van der Waals surface area contributed by atoms with Crippen molar-refractivity contribution in [3.8, 4) is 5.75 Å². The van der Waals surface area contributed by atoms with Gasteiger partial charge >= 0.3 is 0 Å². The normalized spacial score (nSPS) is 25.7. The Hall–Kier alpha value is -3.48. The molecule has 3 aliphatic heterocycles. The Morgan fingerprint density at radius 3 is 2.30 bits per heavy atom. The maximum atomic E-state index is 13.7. The number of Topliss-reactive ketones (excluding diaryl/α,β-unsaturated/α-hetero) is 1. The molecule has 2 aromatic carbocycles. The summed E-state index contributed by atoms with van der Waals surface area (Å²) < 4.78 is 18.8. The van der Waals surface area contributed by atoms with E-state index < -0.39 is 41.1 Å². The number of halogens is 1. The molecule has 6 nitrogen and oxygen atoms in total. The van der Waals surface area contributed by atoms with Gasteiger partial charge in [0.2, 0.25) is 11.8 Å². The number of amides is 2. The van der Waals surface area contributed by atoms with Crippen LogP contribution in [0.4, 0.5) is 15.8 Å². The van der Waals surface area contributed by atoms with Crippen molar-refractivity contribution in [2.24, 2.45) is 17.3 Å². The molecule has 2 saturated heterocycles. The summed E-state index contributed by atoms with van der Waals surface area (Å²) in [7, 11) is 1.59. The maximum Gasteiger partial charge on any atom is 0.240 e. The van der Waals surface area contributed by atoms with Crippen molar-refractivity contribution in [2.75, 3.05) is 16.9 Å². The zero-order valence-corrected chi connectivity index (χ0v) is 18.9. The Bertz CT molecular complexity index is 1200. The topological polar surface area (TPSA) is 66.9 Å². The van der Waals surface area contributed by atoms with Crippen LogP contribution in [0, 0.1) is 23.1 Å². The van der Waals surface area contributed by atoms with Gasteiger partial charge in [0, 0.05) is 16.7 Å². The molecule has 5 rings (SSSR count). The number of carbonyl (C=O) groups is 3. The van der Waals surface area contributed by atoms with E-state index in [4.69, 9.17) is 4.74 Å². The second-order valence-corrected chi connectivity index (χ2v) is 9.78. The molecule has 2 amide bonds. The lowest BCUT2D eigenvalue weighted by Gasteiger charge is -2.38. The SMILES string of the molecule is COc1ccc2c(c1)C=C[C@@H]1[C@H]3C(=O)N(c4ccc(F)cc4)C(=O)[C@H]3[C@@H](C(=O)C(C)(C)C)N21. The molecule has 2 aromatic rings. The first-order valence-corrected chi connectivity index (χ1v) is 11.0. The molecule has 0 radical (unpaired) electrons. The van der Waals surface area contributed by atoms with Gasteiger partial charge in [-0.1, -0.05) is 32.9 Å². The van der Waals surface area contributed by atoms with E-state index in [1.54, 1.807) is 7.11 Å². The molecule has 7 heteroatoms. The fraction of sp³-hybridized carbons (Fsp3) is 0.346. The average Bonchev–Trinajstić information content (AvgIpc) is 3.26. The highest BCUT2D eigenvalue weighted by atomic mass is 19.1. The molecule has 2 fully saturated rings.